The summed E-state index contributed by atoms with van der Waals surface area (Å²) in [6, 6.07) is 9.65. The van der Waals surface area contributed by atoms with Crippen molar-refractivity contribution >= 4 is 21.7 Å². The van der Waals surface area contributed by atoms with Crippen molar-refractivity contribution in [1.29, 1.82) is 10.5 Å². The van der Waals surface area contributed by atoms with E-state index in [-0.39, 0.29) is 52.6 Å². The van der Waals surface area contributed by atoms with Gasteiger partial charge in [0.25, 0.3) is 0 Å². The molecule has 13 heteroatoms. The molecule has 9 nitrogen and oxygen atoms in total. The summed E-state index contributed by atoms with van der Waals surface area (Å²) in [5, 5.41) is 28.3. The average molecular weight is 534 g/mol. The third-order valence-electron chi connectivity index (χ3n) is 5.78. The predicted octanol–water partition coefficient (Wildman–Crippen LogP) is 3.65. The lowest BCUT2D eigenvalue weighted by Gasteiger charge is -2.40. The smallest absolute Gasteiger partial charge is 0.396 e. The first kappa shape index (κ1) is 27.7. The quantitative estimate of drug-likeness (QED) is 0.521. The molecule has 1 unspecified atom stereocenters. The van der Waals surface area contributed by atoms with Crippen LogP contribution in [0.25, 0.3) is 0 Å². The fourth-order valence-corrected chi connectivity index (χ4v) is 5.32. The molecule has 194 valence electrons. The second-order valence-corrected chi connectivity index (χ2v) is 9.87. The van der Waals surface area contributed by atoms with Gasteiger partial charge in [-0.3, -0.25) is 4.90 Å². The number of urea groups is 1. The van der Waals surface area contributed by atoms with Crippen molar-refractivity contribution in [2.45, 2.75) is 30.5 Å². The Kier molecular flexibility index (Phi) is 7.93. The van der Waals surface area contributed by atoms with Gasteiger partial charge in [0, 0.05) is 31.5 Å². The molecular formula is C24H22F3N5O4S. The molecule has 2 aromatic rings. The highest BCUT2D eigenvalue weighted by molar-refractivity contribution is 7.89. The van der Waals surface area contributed by atoms with Crippen LogP contribution in [0.1, 0.15) is 36.1 Å². The number of likely N-dealkylation sites (N-methyl/N-ethyl adjacent to an activating group) is 1. The minimum atomic E-state index is -4.66. The topological polar surface area (TPSA) is 138 Å². The van der Waals surface area contributed by atoms with E-state index in [4.69, 9.17) is 5.11 Å². The van der Waals surface area contributed by atoms with Gasteiger partial charge in [-0.15, -0.1) is 0 Å². The number of rotatable bonds is 7. The lowest BCUT2D eigenvalue weighted by molar-refractivity contribution is -0.137. The van der Waals surface area contributed by atoms with E-state index in [0.717, 1.165) is 34.1 Å². The Hall–Kier alpha value is -3.91. The summed E-state index contributed by atoms with van der Waals surface area (Å²) in [6.07, 6.45) is -4.53. The van der Waals surface area contributed by atoms with Crippen molar-refractivity contribution in [1.82, 2.24) is 9.62 Å². The maximum absolute atomic E-state index is 13.4. The summed E-state index contributed by atoms with van der Waals surface area (Å²) >= 11 is 0. The summed E-state index contributed by atoms with van der Waals surface area (Å²) in [5.74, 6) is 0. The number of allylic oxidation sites excluding steroid dienone is 1. The van der Waals surface area contributed by atoms with Crippen LogP contribution in [-0.4, -0.2) is 44.7 Å². The van der Waals surface area contributed by atoms with Gasteiger partial charge in [-0.1, -0.05) is 12.1 Å². The first-order chi connectivity index (χ1) is 17.4. The second-order valence-electron chi connectivity index (χ2n) is 8.13. The van der Waals surface area contributed by atoms with E-state index in [0.29, 0.717) is 0 Å². The molecule has 1 aliphatic rings. The minimum Gasteiger partial charge on any atom is -0.396 e. The number of hydrogen-bond donors (Lipinski definition) is 2. The van der Waals surface area contributed by atoms with Crippen LogP contribution in [0.5, 0.6) is 0 Å². The molecule has 2 amide bonds. The van der Waals surface area contributed by atoms with Crippen LogP contribution in [0.2, 0.25) is 0 Å². The number of carbonyl (C=O) groups is 1. The van der Waals surface area contributed by atoms with Crippen LogP contribution in [-0.2, 0) is 16.2 Å². The molecule has 0 bridgehead atoms. The van der Waals surface area contributed by atoms with Gasteiger partial charge in [-0.05, 0) is 43.7 Å². The van der Waals surface area contributed by atoms with Gasteiger partial charge in [-0.25, -0.2) is 17.9 Å². The number of anilines is 1. The molecule has 2 N–H and O–H groups in total. The van der Waals surface area contributed by atoms with E-state index in [9.17, 15) is 36.9 Å². The number of sulfonamides is 1. The fraction of sp³-hybridized carbons (Fsp3) is 0.292. The van der Waals surface area contributed by atoms with E-state index in [1.54, 1.807) is 0 Å². The van der Waals surface area contributed by atoms with Crippen molar-refractivity contribution in [3.05, 3.63) is 70.4 Å². The molecule has 1 atom stereocenters. The van der Waals surface area contributed by atoms with Crippen LogP contribution >= 0.6 is 0 Å². The van der Waals surface area contributed by atoms with Gasteiger partial charge in [0.1, 0.15) is 0 Å². The molecule has 0 fully saturated rings. The lowest BCUT2D eigenvalue weighted by atomic mass is 9.93. The van der Waals surface area contributed by atoms with Crippen LogP contribution in [0.4, 0.5) is 23.7 Å². The molecule has 0 aromatic heterocycles. The van der Waals surface area contributed by atoms with Crippen LogP contribution in [0, 0.1) is 22.7 Å². The Balaban J connectivity index is 2.21. The number of nitriles is 2. The third kappa shape index (κ3) is 5.44. The number of hydrogen-bond acceptors (Lipinski definition) is 6. The third-order valence-corrected chi connectivity index (χ3v) is 7.30. The summed E-state index contributed by atoms with van der Waals surface area (Å²) in [7, 11) is -2.95. The summed E-state index contributed by atoms with van der Waals surface area (Å²) in [4.78, 5) is 15.1. The zero-order valence-corrected chi connectivity index (χ0v) is 20.6. The highest BCUT2D eigenvalue weighted by atomic mass is 32.2. The number of amides is 2. The monoisotopic (exact) mass is 533 g/mol. The van der Waals surface area contributed by atoms with Gasteiger partial charge < -0.3 is 10.0 Å². The van der Waals surface area contributed by atoms with Gasteiger partial charge >= 0.3 is 12.2 Å². The molecule has 37 heavy (non-hydrogen) atoms. The molecule has 3 rings (SSSR count). The number of aliphatic hydroxyl groups excluding tert-OH is 1. The Morgan fingerprint density at radius 2 is 1.84 bits per heavy atom. The number of aliphatic hydroxyl groups is 1. The Bertz CT molecular complexity index is 1440. The molecule has 2 aromatic carbocycles. The average Bonchev–Trinajstić information content (AvgIpc) is 2.85. The van der Waals surface area contributed by atoms with Gasteiger partial charge in [0.05, 0.1) is 45.5 Å². The second kappa shape index (κ2) is 10.6. The molecule has 1 aliphatic heterocycles. The number of benzene rings is 2. The standard InChI is InChI=1S/C24H22F3N5O4S/c1-15-20(14-29)22(19-8-7-16(13-28)11-21(19)37(35,36)30-9-4-10-33)31(2)23(34)32(15)18-6-3-5-17(12-18)24(25,26)27/h3,5-8,11-12,22,30,33H,4,9-10H2,1-2H3. The summed E-state index contributed by atoms with van der Waals surface area (Å²) < 4.78 is 68.4. The van der Waals surface area contributed by atoms with Crippen molar-refractivity contribution < 1.29 is 31.5 Å². The van der Waals surface area contributed by atoms with Crippen molar-refractivity contribution in [2.75, 3.05) is 25.1 Å². The van der Waals surface area contributed by atoms with Crippen molar-refractivity contribution in [2.24, 2.45) is 0 Å². The number of nitrogens with zero attached hydrogens (tertiary/aromatic N) is 4. The first-order valence-electron chi connectivity index (χ1n) is 10.9. The zero-order valence-electron chi connectivity index (χ0n) is 19.7. The highest BCUT2D eigenvalue weighted by Crippen LogP contribution is 2.41. The maximum atomic E-state index is 13.4. The van der Waals surface area contributed by atoms with Crippen molar-refractivity contribution in [3.63, 3.8) is 0 Å². The van der Waals surface area contributed by atoms with Crippen LogP contribution in [0.15, 0.2) is 58.6 Å². The molecule has 1 heterocycles. The van der Waals surface area contributed by atoms with E-state index < -0.39 is 33.8 Å². The van der Waals surface area contributed by atoms with Gasteiger partial charge in [0.15, 0.2) is 0 Å². The number of nitrogens with one attached hydrogen (secondary N) is 1. The van der Waals surface area contributed by atoms with Gasteiger partial charge in [0.2, 0.25) is 10.0 Å². The van der Waals surface area contributed by atoms with Gasteiger partial charge in [-0.2, -0.15) is 23.7 Å². The van der Waals surface area contributed by atoms with E-state index in [1.807, 2.05) is 12.1 Å². The van der Waals surface area contributed by atoms with E-state index in [2.05, 4.69) is 4.72 Å². The predicted molar refractivity (Wildman–Crippen MR) is 126 cm³/mol. The zero-order chi connectivity index (χ0) is 27.5. The summed E-state index contributed by atoms with van der Waals surface area (Å²) in [5.41, 5.74) is -1.12. The lowest BCUT2D eigenvalue weighted by Crippen LogP contribution is -2.48. The minimum absolute atomic E-state index is 0.0147. The van der Waals surface area contributed by atoms with E-state index >= 15 is 0 Å². The Morgan fingerprint density at radius 1 is 1.14 bits per heavy atom. The summed E-state index contributed by atoms with van der Waals surface area (Å²) in [6.45, 7) is 1.02. The molecule has 0 saturated carbocycles. The number of carbonyl (C=O) groups excluding carboxylic acids is 1. The Morgan fingerprint density at radius 3 is 2.43 bits per heavy atom. The number of alkyl halides is 3. The normalized spacial score (nSPS) is 16.5. The first-order valence-corrected chi connectivity index (χ1v) is 12.3. The molecule has 0 radical (unpaired) electrons. The van der Waals surface area contributed by atoms with Crippen molar-refractivity contribution in [3.8, 4) is 12.1 Å². The van der Waals surface area contributed by atoms with Crippen LogP contribution < -0.4 is 9.62 Å². The SMILES string of the molecule is CC1=C(C#N)C(c2ccc(C#N)cc2S(=O)(=O)NCCCO)N(C)C(=O)N1c1cccc(C(F)(F)F)c1. The number of halogens is 3. The van der Waals surface area contributed by atoms with Crippen LogP contribution in [0.3, 0.4) is 0 Å². The Labute approximate surface area is 211 Å². The molecule has 0 saturated heterocycles. The maximum Gasteiger partial charge on any atom is 0.416 e. The molecular weight excluding hydrogens is 511 g/mol. The largest absolute Gasteiger partial charge is 0.416 e. The molecule has 0 aliphatic carbocycles. The fourth-order valence-electron chi connectivity index (χ4n) is 3.98. The highest BCUT2D eigenvalue weighted by Gasteiger charge is 2.41. The molecule has 0 spiro atoms. The van der Waals surface area contributed by atoms with E-state index in [1.165, 1.54) is 32.2 Å².